The molecule has 0 bridgehead atoms. The van der Waals surface area contributed by atoms with E-state index < -0.39 is 35.6 Å². The van der Waals surface area contributed by atoms with Gasteiger partial charge in [0.2, 0.25) is 6.10 Å². The van der Waals surface area contributed by atoms with Crippen molar-refractivity contribution >= 4 is 28.5 Å². The van der Waals surface area contributed by atoms with Gasteiger partial charge in [-0.05, 0) is 19.1 Å². The van der Waals surface area contributed by atoms with Crippen molar-refractivity contribution in [2.75, 3.05) is 5.32 Å². The molecule has 2 aromatic heterocycles. The molecule has 0 aliphatic heterocycles. The van der Waals surface area contributed by atoms with Crippen molar-refractivity contribution in [1.29, 1.82) is 0 Å². The number of amides is 1. The molecule has 10 nitrogen and oxygen atoms in total. The number of aromatic nitrogens is 3. The van der Waals surface area contributed by atoms with E-state index in [1.165, 1.54) is 18.2 Å². The molecule has 10 heteroatoms. The highest BCUT2D eigenvalue weighted by Crippen LogP contribution is 2.20. The quantitative estimate of drug-likeness (QED) is 0.442. The van der Waals surface area contributed by atoms with Crippen LogP contribution in [-0.2, 0) is 20.9 Å². The number of aryl methyl sites for hydroxylation is 1. The van der Waals surface area contributed by atoms with Crippen molar-refractivity contribution in [2.45, 2.75) is 19.6 Å². The summed E-state index contributed by atoms with van der Waals surface area (Å²) in [5.74, 6) is -0.886. The van der Waals surface area contributed by atoms with E-state index in [9.17, 15) is 19.2 Å². The van der Waals surface area contributed by atoms with Crippen LogP contribution in [0.25, 0.3) is 10.8 Å². The number of aromatic amines is 1. The monoisotopic (exact) mass is 434 g/mol. The van der Waals surface area contributed by atoms with Gasteiger partial charge in [0, 0.05) is 11.6 Å². The van der Waals surface area contributed by atoms with Crippen LogP contribution >= 0.6 is 0 Å². The summed E-state index contributed by atoms with van der Waals surface area (Å²) >= 11 is 0. The summed E-state index contributed by atoms with van der Waals surface area (Å²) in [6.45, 7) is 1.08. The number of benzene rings is 2. The summed E-state index contributed by atoms with van der Waals surface area (Å²) in [5.41, 5.74) is -0.666. The number of carbonyl (C=O) groups excluding carboxylic acids is 2. The molecule has 4 rings (SSSR count). The molecule has 2 heterocycles. The van der Waals surface area contributed by atoms with Crippen LogP contribution in [0.2, 0.25) is 0 Å². The fourth-order valence-corrected chi connectivity index (χ4v) is 3.17. The van der Waals surface area contributed by atoms with Gasteiger partial charge >= 0.3 is 5.97 Å². The van der Waals surface area contributed by atoms with E-state index in [2.05, 4.69) is 15.6 Å². The van der Waals surface area contributed by atoms with Crippen LogP contribution in [0.3, 0.4) is 0 Å². The Morgan fingerprint density at radius 3 is 2.47 bits per heavy atom. The third-order valence-corrected chi connectivity index (χ3v) is 4.64. The average Bonchev–Trinajstić information content (AvgIpc) is 3.20. The Kier molecular flexibility index (Phi) is 5.67. The molecule has 1 atom stereocenters. The lowest BCUT2D eigenvalue weighted by Crippen LogP contribution is -2.34. The zero-order chi connectivity index (χ0) is 22.7. The van der Waals surface area contributed by atoms with Crippen LogP contribution in [0.4, 0.5) is 5.82 Å². The fraction of sp³-hybridized carbons (Fsp3) is 0.136. The lowest BCUT2D eigenvalue weighted by molar-refractivity contribution is -0.155. The van der Waals surface area contributed by atoms with Gasteiger partial charge < -0.3 is 14.6 Å². The van der Waals surface area contributed by atoms with Crippen molar-refractivity contribution < 1.29 is 18.8 Å². The summed E-state index contributed by atoms with van der Waals surface area (Å²) in [4.78, 5) is 50.3. The largest absolute Gasteiger partial charge is 0.446 e. The summed E-state index contributed by atoms with van der Waals surface area (Å²) in [5, 5.41) is 8.97. The molecule has 2 N–H and O–H groups in total. The predicted molar refractivity (Wildman–Crippen MR) is 114 cm³/mol. The molecule has 32 heavy (non-hydrogen) atoms. The summed E-state index contributed by atoms with van der Waals surface area (Å²) in [7, 11) is 0. The number of anilines is 1. The zero-order valence-corrected chi connectivity index (χ0v) is 16.9. The number of esters is 1. The molecular weight excluding hydrogens is 416 g/mol. The third-order valence-electron chi connectivity index (χ3n) is 4.64. The van der Waals surface area contributed by atoms with Gasteiger partial charge in [-0.25, -0.2) is 4.68 Å². The predicted octanol–water partition coefficient (Wildman–Crippen LogP) is 1.91. The van der Waals surface area contributed by atoms with Gasteiger partial charge in [-0.2, -0.15) is 0 Å². The highest BCUT2D eigenvalue weighted by Gasteiger charge is 2.26. The maximum atomic E-state index is 12.8. The van der Waals surface area contributed by atoms with Crippen LogP contribution in [0.5, 0.6) is 0 Å². The standard InChI is InChI=1S/C22H18N4O6/c1-13-11-17(25-32-13)23-21(29)19(14-7-3-2-4-8-14)31-18(27)12-26-22(30)16-10-6-5-9-15(16)20(28)24-26/h2-11,19H,12H2,1H3,(H,24,28)(H,23,25,29). The van der Waals surface area contributed by atoms with Crippen LogP contribution in [0.15, 0.2) is 74.8 Å². The lowest BCUT2D eigenvalue weighted by Gasteiger charge is -2.17. The number of nitrogens with zero attached hydrogens (tertiary/aromatic N) is 2. The molecular formula is C22H18N4O6. The maximum Gasteiger partial charge on any atom is 0.328 e. The Morgan fingerprint density at radius 2 is 1.78 bits per heavy atom. The number of H-pyrrole nitrogens is 1. The van der Waals surface area contributed by atoms with Crippen molar-refractivity contribution in [1.82, 2.24) is 14.9 Å². The number of nitrogens with one attached hydrogen (secondary N) is 2. The Balaban J connectivity index is 1.58. The Bertz CT molecular complexity index is 1400. The topological polar surface area (TPSA) is 136 Å². The minimum absolute atomic E-state index is 0.166. The number of rotatable bonds is 6. The first-order valence-electron chi connectivity index (χ1n) is 9.63. The number of hydrogen-bond donors (Lipinski definition) is 2. The van der Waals surface area contributed by atoms with Crippen molar-refractivity contribution in [3.05, 3.63) is 92.7 Å². The summed E-state index contributed by atoms with van der Waals surface area (Å²) in [6.07, 6.45) is -1.32. The molecule has 0 spiro atoms. The Labute approximate surface area is 180 Å². The fourth-order valence-electron chi connectivity index (χ4n) is 3.17. The van der Waals surface area contributed by atoms with Gasteiger partial charge in [-0.15, -0.1) is 0 Å². The first kappa shape index (κ1) is 20.8. The highest BCUT2D eigenvalue weighted by atomic mass is 16.5. The van der Waals surface area contributed by atoms with E-state index in [0.29, 0.717) is 11.3 Å². The first-order valence-corrected chi connectivity index (χ1v) is 9.63. The lowest BCUT2D eigenvalue weighted by atomic mass is 10.1. The van der Waals surface area contributed by atoms with E-state index >= 15 is 0 Å². The van der Waals surface area contributed by atoms with E-state index in [4.69, 9.17) is 9.26 Å². The minimum atomic E-state index is -1.32. The average molecular weight is 434 g/mol. The maximum absolute atomic E-state index is 12.8. The van der Waals surface area contributed by atoms with Crippen LogP contribution < -0.4 is 16.4 Å². The van der Waals surface area contributed by atoms with Crippen LogP contribution in [-0.4, -0.2) is 26.8 Å². The molecule has 0 radical (unpaired) electrons. The number of fused-ring (bicyclic) bond motifs is 1. The van der Waals surface area contributed by atoms with Gasteiger partial charge in [0.25, 0.3) is 17.0 Å². The molecule has 4 aromatic rings. The summed E-state index contributed by atoms with van der Waals surface area (Å²) < 4.78 is 11.2. The van der Waals surface area contributed by atoms with Gasteiger partial charge in [0.15, 0.2) is 5.82 Å². The van der Waals surface area contributed by atoms with E-state index in [1.54, 1.807) is 49.4 Å². The van der Waals surface area contributed by atoms with Crippen molar-refractivity contribution in [3.63, 3.8) is 0 Å². The normalized spacial score (nSPS) is 11.8. The van der Waals surface area contributed by atoms with Crippen molar-refractivity contribution in [2.24, 2.45) is 0 Å². The SMILES string of the molecule is Cc1cc(NC(=O)C(OC(=O)Cn2[nH]c(=O)c3ccccc3c2=O)c2ccccc2)no1. The molecule has 1 unspecified atom stereocenters. The second-order valence-corrected chi connectivity index (χ2v) is 6.97. The van der Waals surface area contributed by atoms with Crippen LogP contribution in [0, 0.1) is 6.92 Å². The number of carbonyl (C=O) groups is 2. The van der Waals surface area contributed by atoms with Gasteiger partial charge in [-0.1, -0.05) is 47.6 Å². The number of ether oxygens (including phenoxy) is 1. The highest BCUT2D eigenvalue weighted by molar-refractivity contribution is 5.95. The molecule has 2 aromatic carbocycles. The van der Waals surface area contributed by atoms with Crippen LogP contribution in [0.1, 0.15) is 17.4 Å². The first-order chi connectivity index (χ1) is 15.4. The Morgan fingerprint density at radius 1 is 1.09 bits per heavy atom. The van der Waals surface area contributed by atoms with E-state index in [0.717, 1.165) is 4.68 Å². The van der Waals surface area contributed by atoms with E-state index in [1.807, 2.05) is 0 Å². The molecule has 0 saturated carbocycles. The smallest absolute Gasteiger partial charge is 0.328 e. The minimum Gasteiger partial charge on any atom is -0.446 e. The molecule has 0 fully saturated rings. The summed E-state index contributed by atoms with van der Waals surface area (Å²) in [6, 6.07) is 16.1. The second-order valence-electron chi connectivity index (χ2n) is 6.97. The molecule has 0 aliphatic rings. The molecule has 0 aliphatic carbocycles. The van der Waals surface area contributed by atoms with Crippen molar-refractivity contribution in [3.8, 4) is 0 Å². The zero-order valence-electron chi connectivity index (χ0n) is 16.9. The third kappa shape index (κ3) is 4.33. The van der Waals surface area contributed by atoms with E-state index in [-0.39, 0.29) is 16.6 Å². The molecule has 1 amide bonds. The van der Waals surface area contributed by atoms with Gasteiger partial charge in [-0.3, -0.25) is 24.3 Å². The molecule has 0 saturated heterocycles. The van der Waals surface area contributed by atoms with Gasteiger partial charge in [0.1, 0.15) is 12.3 Å². The van der Waals surface area contributed by atoms with Gasteiger partial charge in [0.05, 0.1) is 10.8 Å². The Hall–Kier alpha value is -4.47. The molecule has 162 valence electrons. The number of hydrogen-bond acceptors (Lipinski definition) is 7. The second kappa shape index (κ2) is 8.72.